The fourth-order valence-electron chi connectivity index (χ4n) is 1.94. The van der Waals surface area contributed by atoms with Gasteiger partial charge in [-0.1, -0.05) is 23.7 Å². The highest BCUT2D eigenvalue weighted by atomic mass is 35.5. The quantitative estimate of drug-likeness (QED) is 0.331. The van der Waals surface area contributed by atoms with Gasteiger partial charge in [-0.15, -0.1) is 11.8 Å². The van der Waals surface area contributed by atoms with E-state index in [4.69, 9.17) is 16.3 Å². The van der Waals surface area contributed by atoms with Crippen LogP contribution in [0.5, 0.6) is 0 Å². The van der Waals surface area contributed by atoms with E-state index in [1.54, 1.807) is 37.3 Å². The molecule has 136 valence electrons. The van der Waals surface area contributed by atoms with Gasteiger partial charge in [0, 0.05) is 16.0 Å². The van der Waals surface area contributed by atoms with Gasteiger partial charge in [-0.05, 0) is 37.3 Å². The average Bonchev–Trinajstić information content (AvgIpc) is 2.61. The fourth-order valence-corrected chi connectivity index (χ4v) is 2.94. The van der Waals surface area contributed by atoms with Crippen LogP contribution >= 0.6 is 23.4 Å². The summed E-state index contributed by atoms with van der Waals surface area (Å²) >= 11 is 7.07. The highest BCUT2D eigenvalue weighted by Crippen LogP contribution is 2.25. The molecule has 1 N–H and O–H groups in total. The predicted molar refractivity (Wildman–Crippen MR) is 99.5 cm³/mol. The Morgan fingerprint density at radius 1 is 1.23 bits per heavy atom. The molecule has 0 saturated heterocycles. The van der Waals surface area contributed by atoms with E-state index in [-0.39, 0.29) is 11.4 Å². The van der Waals surface area contributed by atoms with E-state index in [2.05, 4.69) is 5.32 Å². The summed E-state index contributed by atoms with van der Waals surface area (Å²) in [7, 11) is 0. The Morgan fingerprint density at radius 3 is 2.54 bits per heavy atom. The molecule has 0 saturated carbocycles. The zero-order valence-electron chi connectivity index (χ0n) is 13.7. The van der Waals surface area contributed by atoms with Crippen molar-refractivity contribution in [1.82, 2.24) is 0 Å². The number of rotatable bonds is 7. The number of benzene rings is 2. The van der Waals surface area contributed by atoms with E-state index < -0.39 is 28.7 Å². The van der Waals surface area contributed by atoms with Crippen molar-refractivity contribution >= 4 is 46.6 Å². The van der Waals surface area contributed by atoms with Crippen LogP contribution in [0.4, 0.5) is 11.4 Å². The second-order valence-corrected chi connectivity index (χ2v) is 6.99. The van der Waals surface area contributed by atoms with E-state index in [9.17, 15) is 19.7 Å². The first-order valence-electron chi connectivity index (χ1n) is 7.49. The van der Waals surface area contributed by atoms with Crippen LogP contribution in [0.15, 0.2) is 53.4 Å². The molecule has 7 nitrogen and oxygen atoms in total. The largest absolute Gasteiger partial charge is 0.455 e. The van der Waals surface area contributed by atoms with Gasteiger partial charge in [0.15, 0.2) is 6.61 Å². The topological polar surface area (TPSA) is 98.5 Å². The summed E-state index contributed by atoms with van der Waals surface area (Å²) in [5, 5.41) is 13.3. The highest BCUT2D eigenvalue weighted by Gasteiger charge is 2.19. The molecule has 0 fully saturated rings. The molecule has 0 aromatic heterocycles. The second-order valence-electron chi connectivity index (χ2n) is 5.14. The van der Waals surface area contributed by atoms with Crippen LogP contribution in [0, 0.1) is 10.1 Å². The van der Waals surface area contributed by atoms with Gasteiger partial charge < -0.3 is 10.1 Å². The molecular formula is C17H15ClN2O5S. The van der Waals surface area contributed by atoms with E-state index >= 15 is 0 Å². The number of hydrogen-bond acceptors (Lipinski definition) is 6. The van der Waals surface area contributed by atoms with E-state index in [1.165, 1.54) is 30.0 Å². The summed E-state index contributed by atoms with van der Waals surface area (Å²) < 4.78 is 4.97. The molecule has 0 radical (unpaired) electrons. The molecule has 0 bridgehead atoms. The number of halogens is 1. The molecule has 2 rings (SSSR count). The smallest absolute Gasteiger partial charge is 0.319 e. The van der Waals surface area contributed by atoms with Crippen molar-refractivity contribution in [3.05, 3.63) is 63.7 Å². The van der Waals surface area contributed by atoms with Crippen molar-refractivity contribution in [3.8, 4) is 0 Å². The minimum atomic E-state index is -0.656. The number of nitro groups is 1. The number of anilines is 1. The zero-order valence-corrected chi connectivity index (χ0v) is 15.3. The minimum Gasteiger partial charge on any atom is -0.455 e. The lowest BCUT2D eigenvalue weighted by atomic mass is 10.2. The number of nitro benzene ring substituents is 1. The van der Waals surface area contributed by atoms with Crippen LogP contribution in [-0.2, 0) is 14.3 Å². The van der Waals surface area contributed by atoms with Crippen molar-refractivity contribution in [2.24, 2.45) is 0 Å². The standard InChI is InChI=1S/C17H15ClN2O5S/c1-11(26-13-8-6-12(18)7-9-13)17(22)25-10-16(21)19-14-4-2-3-5-15(14)20(23)24/h2-9,11H,10H2,1H3,(H,19,21)/t11-/m0/s1. The summed E-state index contributed by atoms with van der Waals surface area (Å²) in [6.07, 6.45) is 0. The lowest BCUT2D eigenvalue weighted by Crippen LogP contribution is -2.25. The maximum absolute atomic E-state index is 12.0. The van der Waals surface area contributed by atoms with Gasteiger partial charge in [-0.2, -0.15) is 0 Å². The number of esters is 1. The number of amides is 1. The molecule has 0 aliphatic heterocycles. The van der Waals surface area contributed by atoms with Crippen LogP contribution < -0.4 is 5.32 Å². The normalized spacial score (nSPS) is 11.5. The number of para-hydroxylation sites is 2. The summed E-state index contributed by atoms with van der Waals surface area (Å²) in [5.41, 5.74) is -0.194. The maximum Gasteiger partial charge on any atom is 0.319 e. The third kappa shape index (κ3) is 5.75. The van der Waals surface area contributed by atoms with Crippen molar-refractivity contribution < 1.29 is 19.2 Å². The van der Waals surface area contributed by atoms with Crippen LogP contribution in [0.2, 0.25) is 5.02 Å². The average molecular weight is 395 g/mol. The van der Waals surface area contributed by atoms with E-state index in [1.807, 2.05) is 0 Å². The molecule has 0 unspecified atom stereocenters. The van der Waals surface area contributed by atoms with Gasteiger partial charge in [0.1, 0.15) is 10.9 Å². The third-order valence-corrected chi connectivity index (χ3v) is 4.52. The van der Waals surface area contributed by atoms with Crippen molar-refractivity contribution in [2.75, 3.05) is 11.9 Å². The number of nitrogens with zero attached hydrogens (tertiary/aromatic N) is 1. The molecule has 0 aliphatic carbocycles. The second kappa shape index (κ2) is 9.21. The molecule has 0 aliphatic rings. The van der Waals surface area contributed by atoms with Crippen LogP contribution in [0.25, 0.3) is 0 Å². The number of ether oxygens (including phenoxy) is 1. The third-order valence-electron chi connectivity index (χ3n) is 3.18. The van der Waals surface area contributed by atoms with Gasteiger partial charge in [-0.25, -0.2) is 0 Å². The van der Waals surface area contributed by atoms with Crippen LogP contribution in [0.3, 0.4) is 0 Å². The monoisotopic (exact) mass is 394 g/mol. The molecular weight excluding hydrogens is 380 g/mol. The van der Waals surface area contributed by atoms with Gasteiger partial charge in [-0.3, -0.25) is 19.7 Å². The van der Waals surface area contributed by atoms with Crippen molar-refractivity contribution in [2.45, 2.75) is 17.1 Å². The van der Waals surface area contributed by atoms with Gasteiger partial charge in [0.25, 0.3) is 11.6 Å². The maximum atomic E-state index is 12.0. The SMILES string of the molecule is C[C@H](Sc1ccc(Cl)cc1)C(=O)OCC(=O)Nc1ccccc1[N+](=O)[O-]. The first-order valence-corrected chi connectivity index (χ1v) is 8.74. The molecule has 9 heteroatoms. The van der Waals surface area contributed by atoms with Gasteiger partial charge in [0.2, 0.25) is 0 Å². The first-order chi connectivity index (χ1) is 12.4. The molecule has 0 heterocycles. The Balaban J connectivity index is 1.85. The lowest BCUT2D eigenvalue weighted by Gasteiger charge is -2.11. The Labute approximate surface area is 158 Å². The van der Waals surface area contributed by atoms with E-state index in [0.29, 0.717) is 5.02 Å². The summed E-state index contributed by atoms with van der Waals surface area (Å²) in [6, 6.07) is 12.7. The fraction of sp³-hybridized carbons (Fsp3) is 0.176. The number of carbonyl (C=O) groups excluding carboxylic acids is 2. The van der Waals surface area contributed by atoms with Gasteiger partial charge >= 0.3 is 5.97 Å². The Morgan fingerprint density at radius 2 is 1.88 bits per heavy atom. The number of hydrogen-bond donors (Lipinski definition) is 1. The Bertz CT molecular complexity index is 813. The predicted octanol–water partition coefficient (Wildman–Crippen LogP) is 3.91. The van der Waals surface area contributed by atoms with E-state index in [0.717, 1.165) is 4.90 Å². The Hall–Kier alpha value is -2.58. The van der Waals surface area contributed by atoms with Crippen LogP contribution in [0.1, 0.15) is 6.92 Å². The zero-order chi connectivity index (χ0) is 19.1. The lowest BCUT2D eigenvalue weighted by molar-refractivity contribution is -0.383. The first kappa shape index (κ1) is 19.7. The molecule has 26 heavy (non-hydrogen) atoms. The van der Waals surface area contributed by atoms with Crippen molar-refractivity contribution in [3.63, 3.8) is 0 Å². The summed E-state index contributed by atoms with van der Waals surface area (Å²) in [6.45, 7) is 1.12. The molecule has 2 aromatic rings. The minimum absolute atomic E-state index is 0.0436. The number of thioether (sulfide) groups is 1. The number of carbonyl (C=O) groups is 2. The molecule has 2 aromatic carbocycles. The molecule has 1 amide bonds. The van der Waals surface area contributed by atoms with Crippen LogP contribution in [-0.4, -0.2) is 28.7 Å². The molecule has 0 spiro atoms. The highest BCUT2D eigenvalue weighted by molar-refractivity contribution is 8.00. The van der Waals surface area contributed by atoms with Gasteiger partial charge in [0.05, 0.1) is 4.92 Å². The number of nitrogens with one attached hydrogen (secondary N) is 1. The summed E-state index contributed by atoms with van der Waals surface area (Å²) in [5.74, 6) is -1.22. The molecule has 1 atom stereocenters. The Kier molecular flexibility index (Phi) is 6.99. The van der Waals surface area contributed by atoms with Crippen molar-refractivity contribution in [1.29, 1.82) is 0 Å². The summed E-state index contributed by atoms with van der Waals surface area (Å²) in [4.78, 5) is 35.0.